The maximum absolute atomic E-state index is 7.38. The van der Waals surface area contributed by atoms with Gasteiger partial charge in [-0.15, -0.1) is 0 Å². The Hall–Kier alpha value is 2.83. The van der Waals surface area contributed by atoms with E-state index in [4.69, 9.17) is 14.8 Å². The Morgan fingerprint density at radius 2 is 0.857 bits per heavy atom. The third-order valence-corrected chi connectivity index (χ3v) is 0. The predicted molar refractivity (Wildman–Crippen MR) is 26.0 cm³/mol. The van der Waals surface area contributed by atoms with Crippen LogP contribution in [0.5, 0.6) is 0 Å². The summed E-state index contributed by atoms with van der Waals surface area (Å²) in [5.74, 6) is 0. The van der Waals surface area contributed by atoms with E-state index in [0.717, 1.165) is 0 Å². The van der Waals surface area contributed by atoms with Crippen LogP contribution in [-0.4, -0.2) is 84.1 Å². The second-order valence-electron chi connectivity index (χ2n) is 0.600. The van der Waals surface area contributed by atoms with Gasteiger partial charge in [0, 0.05) is 0 Å². The van der Waals surface area contributed by atoms with E-state index in [1.165, 1.54) is 0 Å². The van der Waals surface area contributed by atoms with Gasteiger partial charge in [0.1, 0.15) is 0 Å². The molecular weight excluding hydrogens is 318 g/mol. The molecule has 4 N–H and O–H groups in total. The molecule has 0 saturated carbocycles. The summed E-state index contributed by atoms with van der Waals surface area (Å²) in [5, 5.41) is 0. The zero-order chi connectivity index (χ0) is 4.50. The summed E-state index contributed by atoms with van der Waals surface area (Å²) in [4.78, 5) is 0. The zero-order valence-electron chi connectivity index (χ0n) is 3.00. The van der Waals surface area contributed by atoms with Crippen LogP contribution in [0.4, 0.5) is 0 Å². The average Bonchev–Trinajstić information content (AvgIpc) is 0.722. The standard InChI is InChI=1S/4H2O.Sn.Sr.Ti.4H/h4*1H2;;;;;;;/q;;;;;;+4;;;;/p-4. The van der Waals surface area contributed by atoms with Gasteiger partial charge >= 0.3 is 102 Å². The molecule has 0 saturated heterocycles. The number of hydrogen-bond donors (Lipinski definition) is 4. The summed E-state index contributed by atoms with van der Waals surface area (Å²) in [7, 11) is 0. The molecule has 0 aliphatic rings. The molecule has 0 aliphatic carbocycles. The molecule has 0 unspecified atom stereocenters. The van der Waals surface area contributed by atoms with Crippen LogP contribution in [0.1, 0.15) is 0 Å². The van der Waals surface area contributed by atoms with Gasteiger partial charge in [-0.25, -0.2) is 0 Å². The van der Waals surface area contributed by atoms with Crippen LogP contribution < -0.4 is 0 Å². The van der Waals surface area contributed by atoms with Gasteiger partial charge in [-0.1, -0.05) is 0 Å². The van der Waals surface area contributed by atoms with Gasteiger partial charge in [0.2, 0.25) is 0 Å². The molecule has 0 aliphatic heterocycles. The molecule has 7 heteroatoms. The minimum atomic E-state index is -5.00. The van der Waals surface area contributed by atoms with Crippen LogP contribution in [0.25, 0.3) is 0 Å². The van der Waals surface area contributed by atoms with Gasteiger partial charge in [0.05, 0.1) is 0 Å². The van der Waals surface area contributed by atoms with Gasteiger partial charge in [-0.2, -0.15) is 0 Å². The molecule has 0 rings (SSSR count). The molecule has 0 heterocycles. The van der Waals surface area contributed by atoms with Crippen molar-refractivity contribution in [3.63, 3.8) is 0 Å². The van der Waals surface area contributed by atoms with E-state index in [-0.39, 0.29) is 69.4 Å². The first kappa shape index (κ1) is 16.4. The molecule has 2 radical (unpaired) electrons. The molecule has 0 aromatic rings. The molecule has 0 aromatic heterocycles. The second kappa shape index (κ2) is 6.95. The van der Waals surface area contributed by atoms with E-state index in [9.17, 15) is 0 Å². The summed E-state index contributed by atoms with van der Waals surface area (Å²) in [6.07, 6.45) is 0. The molecule has 42 valence electrons. The van der Waals surface area contributed by atoms with Crippen molar-refractivity contribution in [1.29, 1.82) is 0 Å². The van der Waals surface area contributed by atoms with Crippen molar-refractivity contribution < 1.29 is 32.9 Å². The van der Waals surface area contributed by atoms with Crippen molar-refractivity contribution in [2.75, 3.05) is 0 Å². The van der Waals surface area contributed by atoms with Gasteiger partial charge in [0.15, 0.2) is 0 Å². The van der Waals surface area contributed by atoms with E-state index in [0.29, 0.717) is 0 Å². The topological polar surface area (TPSA) is 80.9 Å². The molecular formula is H8O4SnSrTi. The molecule has 0 spiro atoms. The first-order valence-corrected chi connectivity index (χ1v) is 3.69. The summed E-state index contributed by atoms with van der Waals surface area (Å²) < 4.78 is 29.5. The summed E-state index contributed by atoms with van der Waals surface area (Å²) >= 11 is -5.00. The predicted octanol–water partition coefficient (Wildman–Crippen LogP) is -4.06. The Balaban J connectivity index is -0.0000000800. The van der Waals surface area contributed by atoms with E-state index in [2.05, 4.69) is 0 Å². The Morgan fingerprint density at radius 3 is 0.857 bits per heavy atom. The van der Waals surface area contributed by atoms with Gasteiger partial charge < -0.3 is 0 Å². The molecule has 0 aromatic carbocycles. The van der Waals surface area contributed by atoms with Crippen LogP contribution in [0.15, 0.2) is 0 Å². The van der Waals surface area contributed by atoms with Crippen LogP contribution in [0, 0.1) is 0 Å². The van der Waals surface area contributed by atoms with Crippen molar-refractivity contribution in [3.8, 4) is 0 Å². The average molecular weight is 326 g/mol. The first-order valence-electron chi connectivity index (χ1n) is 0.894. The molecule has 0 atom stereocenters. The Bertz CT molecular complexity index is 27.2. The molecule has 4 nitrogen and oxygen atoms in total. The number of hydrogen-bond acceptors (Lipinski definition) is 4. The van der Waals surface area contributed by atoms with Crippen molar-refractivity contribution in [1.82, 2.24) is 0 Å². The van der Waals surface area contributed by atoms with Crippen LogP contribution in [0.3, 0.4) is 0 Å². The van der Waals surface area contributed by atoms with Gasteiger partial charge in [0.25, 0.3) is 0 Å². The third kappa shape index (κ3) is 51.4. The van der Waals surface area contributed by atoms with Crippen molar-refractivity contribution in [2.24, 2.45) is 0 Å². The monoisotopic (exact) mass is 328 g/mol. The van der Waals surface area contributed by atoms with Crippen LogP contribution in [-0.2, 0) is 18.1 Å². The maximum atomic E-state index is 7.38. The Labute approximate surface area is 100 Å². The summed E-state index contributed by atoms with van der Waals surface area (Å²) in [6, 6.07) is 0. The number of rotatable bonds is 0. The fourth-order valence-corrected chi connectivity index (χ4v) is 0. The third-order valence-electron chi connectivity index (χ3n) is 0. The van der Waals surface area contributed by atoms with Crippen LogP contribution in [0.2, 0.25) is 0 Å². The Kier molecular flexibility index (Phi) is 16.3. The minimum absolute atomic E-state index is 0. The normalized spacial score (nSPS) is 8.57. The molecule has 0 fully saturated rings. The molecule has 7 heavy (non-hydrogen) atoms. The Morgan fingerprint density at radius 1 is 0.857 bits per heavy atom. The van der Waals surface area contributed by atoms with Crippen molar-refractivity contribution in [2.45, 2.75) is 0 Å². The fourth-order valence-electron chi connectivity index (χ4n) is 0. The van der Waals surface area contributed by atoms with E-state index < -0.39 is 18.1 Å². The first-order chi connectivity index (χ1) is 2.00. The van der Waals surface area contributed by atoms with Crippen LogP contribution >= 0.6 is 0 Å². The summed E-state index contributed by atoms with van der Waals surface area (Å²) in [6.45, 7) is 0. The quantitative estimate of drug-likeness (QED) is 0.342. The van der Waals surface area contributed by atoms with Gasteiger partial charge in [-0.05, 0) is 0 Å². The fraction of sp³-hybridized carbons (Fsp3) is 0. The van der Waals surface area contributed by atoms with E-state index in [1.807, 2.05) is 0 Å². The zero-order valence-corrected chi connectivity index (χ0v) is 8.59. The van der Waals surface area contributed by atoms with Crippen molar-refractivity contribution in [3.05, 3.63) is 0 Å². The summed E-state index contributed by atoms with van der Waals surface area (Å²) in [5.41, 5.74) is 0. The van der Waals surface area contributed by atoms with E-state index >= 15 is 0 Å². The molecule has 0 amide bonds. The SMILES string of the molecule is [OH][Ti]([OH])([OH])[OH].[SnH2].[SrH2]. The van der Waals surface area contributed by atoms with Gasteiger partial charge in [-0.3, -0.25) is 0 Å². The van der Waals surface area contributed by atoms with Crippen molar-refractivity contribution >= 4 is 69.4 Å². The molecule has 0 bridgehead atoms. The van der Waals surface area contributed by atoms with E-state index in [1.54, 1.807) is 0 Å². The second-order valence-corrected chi connectivity index (χ2v) is 2.47.